The van der Waals surface area contributed by atoms with Gasteiger partial charge in [-0.15, -0.1) is 24.0 Å². The van der Waals surface area contributed by atoms with Gasteiger partial charge in [0, 0.05) is 52.9 Å². The molecule has 2 N–H and O–H groups in total. The van der Waals surface area contributed by atoms with Crippen molar-refractivity contribution >= 4 is 29.9 Å². The fourth-order valence-electron chi connectivity index (χ4n) is 2.59. The number of hydrogen-bond donors (Lipinski definition) is 2. The number of methoxy groups -OCH3 is 1. The zero-order chi connectivity index (χ0) is 19.2. The van der Waals surface area contributed by atoms with E-state index in [0.29, 0.717) is 6.04 Å². The number of ether oxygens (including phenoxy) is 1. The zero-order valence-corrected chi connectivity index (χ0v) is 19.9. The number of likely N-dealkylation sites (N-methyl/N-ethyl adjacent to an activating group) is 1. The first-order chi connectivity index (χ1) is 12.6. The summed E-state index contributed by atoms with van der Waals surface area (Å²) in [5, 5.41) is 6.77. The molecule has 0 aliphatic rings. The van der Waals surface area contributed by atoms with Crippen molar-refractivity contribution in [3.8, 4) is 0 Å². The van der Waals surface area contributed by atoms with E-state index < -0.39 is 0 Å². The molecular formula is C20H38IN5O. The van der Waals surface area contributed by atoms with Crippen molar-refractivity contribution in [2.45, 2.75) is 25.9 Å². The number of nitrogens with zero attached hydrogens (tertiary/aromatic N) is 3. The summed E-state index contributed by atoms with van der Waals surface area (Å²) in [4.78, 5) is 8.92. The van der Waals surface area contributed by atoms with Gasteiger partial charge < -0.3 is 20.3 Å². The van der Waals surface area contributed by atoms with E-state index in [4.69, 9.17) is 4.74 Å². The van der Waals surface area contributed by atoms with Gasteiger partial charge in [-0.05, 0) is 33.0 Å². The highest BCUT2D eigenvalue weighted by molar-refractivity contribution is 14.0. The molecule has 1 aromatic rings. The van der Waals surface area contributed by atoms with Crippen molar-refractivity contribution < 1.29 is 4.74 Å². The molecule has 0 heterocycles. The third-order valence-corrected chi connectivity index (χ3v) is 4.57. The smallest absolute Gasteiger partial charge is 0.191 e. The van der Waals surface area contributed by atoms with E-state index in [2.05, 4.69) is 76.8 Å². The minimum absolute atomic E-state index is 0. The van der Waals surface area contributed by atoms with Gasteiger partial charge in [-0.2, -0.15) is 0 Å². The molecule has 0 bridgehead atoms. The van der Waals surface area contributed by atoms with E-state index in [9.17, 15) is 0 Å². The van der Waals surface area contributed by atoms with Crippen molar-refractivity contribution in [1.82, 2.24) is 20.4 Å². The van der Waals surface area contributed by atoms with Gasteiger partial charge in [-0.1, -0.05) is 30.3 Å². The van der Waals surface area contributed by atoms with Gasteiger partial charge in [0.2, 0.25) is 0 Å². The van der Waals surface area contributed by atoms with Crippen molar-refractivity contribution in [3.05, 3.63) is 35.9 Å². The van der Waals surface area contributed by atoms with Crippen LogP contribution in [0, 0.1) is 0 Å². The highest BCUT2D eigenvalue weighted by atomic mass is 127. The van der Waals surface area contributed by atoms with Gasteiger partial charge in [0.05, 0.1) is 6.61 Å². The minimum Gasteiger partial charge on any atom is -0.383 e. The molecule has 0 saturated heterocycles. The summed E-state index contributed by atoms with van der Waals surface area (Å²) in [5.74, 6) is 0.864. The fourth-order valence-corrected chi connectivity index (χ4v) is 2.59. The van der Waals surface area contributed by atoms with Crippen molar-refractivity contribution in [2.75, 3.05) is 61.0 Å². The first-order valence-corrected chi connectivity index (χ1v) is 9.43. The van der Waals surface area contributed by atoms with Gasteiger partial charge in [0.25, 0.3) is 0 Å². The van der Waals surface area contributed by atoms with E-state index in [1.54, 1.807) is 7.11 Å². The van der Waals surface area contributed by atoms with Crippen molar-refractivity contribution in [2.24, 2.45) is 4.99 Å². The predicted octanol–water partition coefficient (Wildman–Crippen LogP) is 2.26. The molecule has 27 heavy (non-hydrogen) atoms. The third kappa shape index (κ3) is 12.2. The Morgan fingerprint density at radius 1 is 1.11 bits per heavy atom. The second-order valence-corrected chi connectivity index (χ2v) is 6.76. The Labute approximate surface area is 182 Å². The van der Waals surface area contributed by atoms with Crippen LogP contribution in [0.5, 0.6) is 0 Å². The van der Waals surface area contributed by atoms with Crippen LogP contribution in [-0.2, 0) is 11.3 Å². The molecule has 0 saturated carbocycles. The number of guanidine groups is 1. The van der Waals surface area contributed by atoms with Gasteiger partial charge in [0.15, 0.2) is 5.96 Å². The molecule has 1 rings (SSSR count). The lowest BCUT2D eigenvalue weighted by Crippen LogP contribution is -2.42. The molecule has 1 atom stereocenters. The first kappa shape index (κ1) is 26.1. The Bertz CT molecular complexity index is 500. The molecule has 7 heteroatoms. The molecular weight excluding hydrogens is 453 g/mol. The van der Waals surface area contributed by atoms with Crippen LogP contribution in [0.25, 0.3) is 0 Å². The molecule has 0 amide bonds. The Morgan fingerprint density at radius 3 is 2.41 bits per heavy atom. The van der Waals surface area contributed by atoms with E-state index in [1.165, 1.54) is 5.56 Å². The standard InChI is InChI=1S/C20H37N5O.HI/c1-18(25(4)17-19-9-7-6-8-10-19)11-12-22-20(21-2)23-13-14-24(3)15-16-26-5;/h6-10,18H,11-17H2,1-5H3,(H2,21,22,23);1H. The molecule has 0 aliphatic heterocycles. The lowest BCUT2D eigenvalue weighted by atomic mass is 10.1. The van der Waals surface area contributed by atoms with E-state index >= 15 is 0 Å². The van der Waals surface area contributed by atoms with Gasteiger partial charge in [-0.25, -0.2) is 0 Å². The fraction of sp³-hybridized carbons (Fsp3) is 0.650. The molecule has 0 spiro atoms. The number of rotatable bonds is 12. The Morgan fingerprint density at radius 2 is 1.78 bits per heavy atom. The maximum Gasteiger partial charge on any atom is 0.191 e. The van der Waals surface area contributed by atoms with Crippen LogP contribution in [0.15, 0.2) is 35.3 Å². The summed E-state index contributed by atoms with van der Waals surface area (Å²) in [6, 6.07) is 11.1. The van der Waals surface area contributed by atoms with Crippen molar-refractivity contribution in [3.63, 3.8) is 0 Å². The number of aliphatic imine (C=N–C) groups is 1. The highest BCUT2D eigenvalue weighted by Gasteiger charge is 2.09. The van der Waals surface area contributed by atoms with E-state index in [-0.39, 0.29) is 24.0 Å². The quantitative estimate of drug-likeness (QED) is 0.267. The normalized spacial score (nSPS) is 12.8. The maximum absolute atomic E-state index is 5.09. The van der Waals surface area contributed by atoms with Crippen molar-refractivity contribution in [1.29, 1.82) is 0 Å². The van der Waals surface area contributed by atoms with E-state index in [0.717, 1.165) is 51.7 Å². The van der Waals surface area contributed by atoms with Crippen LogP contribution < -0.4 is 10.6 Å². The lowest BCUT2D eigenvalue weighted by molar-refractivity contribution is 0.162. The Hall–Kier alpha value is -0.900. The molecule has 1 unspecified atom stereocenters. The SMILES string of the molecule is CN=C(NCCC(C)N(C)Cc1ccccc1)NCCN(C)CCOC.I. The maximum atomic E-state index is 5.09. The predicted molar refractivity (Wildman–Crippen MR) is 126 cm³/mol. The molecule has 0 radical (unpaired) electrons. The number of hydrogen-bond acceptors (Lipinski definition) is 4. The Balaban J connectivity index is 0.00000676. The average Bonchev–Trinajstić information content (AvgIpc) is 2.65. The van der Waals surface area contributed by atoms with Crippen LogP contribution >= 0.6 is 24.0 Å². The van der Waals surface area contributed by atoms with Gasteiger partial charge in [-0.3, -0.25) is 9.89 Å². The molecule has 0 aliphatic carbocycles. The van der Waals surface area contributed by atoms with Crippen LogP contribution in [0.3, 0.4) is 0 Å². The average molecular weight is 491 g/mol. The largest absolute Gasteiger partial charge is 0.383 e. The number of halogens is 1. The number of nitrogens with one attached hydrogen (secondary N) is 2. The summed E-state index contributed by atoms with van der Waals surface area (Å²) in [7, 11) is 7.83. The summed E-state index contributed by atoms with van der Waals surface area (Å²) >= 11 is 0. The second-order valence-electron chi connectivity index (χ2n) is 6.76. The molecule has 6 nitrogen and oxygen atoms in total. The third-order valence-electron chi connectivity index (χ3n) is 4.57. The Kier molecular flexibility index (Phi) is 15.6. The lowest BCUT2D eigenvalue weighted by Gasteiger charge is -2.25. The second kappa shape index (κ2) is 16.1. The van der Waals surface area contributed by atoms with Crippen LogP contribution in [0.1, 0.15) is 18.9 Å². The summed E-state index contributed by atoms with van der Waals surface area (Å²) in [6.07, 6.45) is 1.07. The topological polar surface area (TPSA) is 52.1 Å². The summed E-state index contributed by atoms with van der Waals surface area (Å²) < 4.78 is 5.09. The highest BCUT2D eigenvalue weighted by Crippen LogP contribution is 2.07. The zero-order valence-electron chi connectivity index (χ0n) is 17.6. The molecule has 1 aromatic carbocycles. The first-order valence-electron chi connectivity index (χ1n) is 9.43. The molecule has 156 valence electrons. The van der Waals surface area contributed by atoms with Gasteiger partial charge in [0.1, 0.15) is 0 Å². The van der Waals surface area contributed by atoms with E-state index in [1.807, 2.05) is 7.05 Å². The van der Waals surface area contributed by atoms with Crippen LogP contribution in [-0.4, -0.2) is 82.8 Å². The summed E-state index contributed by atoms with van der Waals surface area (Å²) in [6.45, 7) is 7.67. The van der Waals surface area contributed by atoms with Gasteiger partial charge >= 0.3 is 0 Å². The summed E-state index contributed by atoms with van der Waals surface area (Å²) in [5.41, 5.74) is 1.35. The monoisotopic (exact) mass is 491 g/mol. The molecule has 0 aromatic heterocycles. The minimum atomic E-state index is 0. The van der Waals surface area contributed by atoms with Crippen LogP contribution in [0.2, 0.25) is 0 Å². The number of benzene rings is 1. The van der Waals surface area contributed by atoms with Crippen LogP contribution in [0.4, 0.5) is 0 Å². The molecule has 0 fully saturated rings.